The van der Waals surface area contributed by atoms with Crippen molar-refractivity contribution in [2.75, 3.05) is 0 Å². The van der Waals surface area contributed by atoms with E-state index in [0.29, 0.717) is 5.95 Å². The van der Waals surface area contributed by atoms with Gasteiger partial charge in [0.05, 0.1) is 33.3 Å². The predicted octanol–water partition coefficient (Wildman–Crippen LogP) is 14.0. The van der Waals surface area contributed by atoms with Crippen molar-refractivity contribution >= 4 is 65.3 Å². The molecule has 0 radical (unpaired) electrons. The molecule has 3 heterocycles. The van der Waals surface area contributed by atoms with Gasteiger partial charge in [0.2, 0.25) is 5.95 Å². The van der Waals surface area contributed by atoms with Gasteiger partial charge in [0.25, 0.3) is 0 Å². The molecular formula is C54H34N4. The molecule has 3 aromatic heterocycles. The van der Waals surface area contributed by atoms with Crippen molar-refractivity contribution in [3.8, 4) is 45.1 Å². The lowest BCUT2D eigenvalue weighted by Crippen LogP contribution is -2.03. The molecule has 0 unspecified atom stereocenters. The third-order valence-electron chi connectivity index (χ3n) is 11.7. The van der Waals surface area contributed by atoms with Crippen LogP contribution in [-0.2, 0) is 0 Å². The molecule has 0 atom stereocenters. The van der Waals surface area contributed by atoms with Crippen LogP contribution in [0.25, 0.3) is 110 Å². The van der Waals surface area contributed by atoms with Crippen LogP contribution in [0.2, 0.25) is 0 Å². The first-order valence-electron chi connectivity index (χ1n) is 19.8. The zero-order chi connectivity index (χ0) is 38.2. The fourth-order valence-electron chi connectivity index (χ4n) is 9.12. The maximum Gasteiger partial charge on any atom is 0.235 e. The molecule has 12 rings (SSSR count). The van der Waals surface area contributed by atoms with Gasteiger partial charge in [-0.1, -0.05) is 158 Å². The Morgan fingerprint density at radius 1 is 0.310 bits per heavy atom. The van der Waals surface area contributed by atoms with E-state index in [4.69, 9.17) is 9.97 Å². The first-order valence-corrected chi connectivity index (χ1v) is 19.8. The number of hydrogen-bond donors (Lipinski definition) is 0. The molecule has 0 N–H and O–H groups in total. The molecule has 0 saturated carbocycles. The highest BCUT2D eigenvalue weighted by Gasteiger charge is 2.23. The van der Waals surface area contributed by atoms with Crippen LogP contribution in [0.15, 0.2) is 206 Å². The van der Waals surface area contributed by atoms with Crippen molar-refractivity contribution in [2.45, 2.75) is 0 Å². The normalized spacial score (nSPS) is 11.8. The number of aromatic nitrogens is 4. The third-order valence-corrected chi connectivity index (χ3v) is 11.7. The maximum atomic E-state index is 5.47. The molecule has 0 fully saturated rings. The topological polar surface area (TPSA) is 35.6 Å². The van der Waals surface area contributed by atoms with Gasteiger partial charge in [-0.15, -0.1) is 0 Å². The second-order valence-corrected chi connectivity index (χ2v) is 15.0. The van der Waals surface area contributed by atoms with Crippen molar-refractivity contribution < 1.29 is 0 Å². The van der Waals surface area contributed by atoms with Crippen LogP contribution < -0.4 is 0 Å². The Bertz CT molecular complexity index is 3540. The molecule has 58 heavy (non-hydrogen) atoms. The Labute approximate surface area is 334 Å². The maximum absolute atomic E-state index is 5.47. The smallest absolute Gasteiger partial charge is 0.235 e. The van der Waals surface area contributed by atoms with Gasteiger partial charge in [-0.25, -0.2) is 9.97 Å². The standard InChI is InChI=1S/C54H34N4/c1-3-14-35(15-4-1)37-26-29-41(30-27-37)57-47-31-28-38-18-7-8-21-42(38)50(47)52-49(57)33-32-48-51(52)44-23-10-12-25-46(44)58(48)54-55-45-24-11-9-22-43(45)53(56-54)40-20-13-19-39(34-40)36-16-5-2-6-17-36/h1-34H. The lowest BCUT2D eigenvalue weighted by Gasteiger charge is -2.13. The van der Waals surface area contributed by atoms with E-state index in [2.05, 4.69) is 215 Å². The first kappa shape index (κ1) is 32.4. The van der Waals surface area contributed by atoms with Crippen LogP contribution in [-0.4, -0.2) is 19.1 Å². The Morgan fingerprint density at radius 3 is 1.66 bits per heavy atom. The van der Waals surface area contributed by atoms with Gasteiger partial charge in [0, 0.05) is 38.2 Å². The van der Waals surface area contributed by atoms with Gasteiger partial charge < -0.3 is 4.57 Å². The van der Waals surface area contributed by atoms with E-state index in [-0.39, 0.29) is 0 Å². The number of fused-ring (bicyclic) bond motifs is 10. The van der Waals surface area contributed by atoms with E-state index in [1.807, 2.05) is 0 Å². The van der Waals surface area contributed by atoms with E-state index >= 15 is 0 Å². The quantitative estimate of drug-likeness (QED) is 0.176. The molecule has 4 nitrogen and oxygen atoms in total. The van der Waals surface area contributed by atoms with Crippen LogP contribution >= 0.6 is 0 Å². The fraction of sp³-hybridized carbons (Fsp3) is 0. The van der Waals surface area contributed by atoms with Gasteiger partial charge in [-0.3, -0.25) is 4.57 Å². The molecule has 270 valence electrons. The second-order valence-electron chi connectivity index (χ2n) is 15.0. The summed E-state index contributed by atoms with van der Waals surface area (Å²) in [7, 11) is 0. The van der Waals surface area contributed by atoms with Crippen LogP contribution in [0, 0.1) is 0 Å². The van der Waals surface area contributed by atoms with Crippen molar-refractivity contribution in [1.82, 2.24) is 19.1 Å². The fourth-order valence-corrected chi connectivity index (χ4v) is 9.12. The Morgan fingerprint density at radius 2 is 0.862 bits per heavy atom. The molecule has 0 saturated heterocycles. The lowest BCUT2D eigenvalue weighted by molar-refractivity contribution is 1.01. The van der Waals surface area contributed by atoms with Gasteiger partial charge in [0.1, 0.15) is 0 Å². The largest absolute Gasteiger partial charge is 0.309 e. The van der Waals surface area contributed by atoms with Crippen LogP contribution in [0.3, 0.4) is 0 Å². The Hall–Kier alpha value is -7.82. The summed E-state index contributed by atoms with van der Waals surface area (Å²) in [6.07, 6.45) is 0. The average Bonchev–Trinajstić information content (AvgIpc) is 3.82. The molecule has 0 spiro atoms. The second kappa shape index (κ2) is 12.9. The third kappa shape index (κ3) is 4.95. The zero-order valence-corrected chi connectivity index (χ0v) is 31.4. The van der Waals surface area contributed by atoms with Crippen LogP contribution in [0.1, 0.15) is 0 Å². The highest BCUT2D eigenvalue weighted by Crippen LogP contribution is 2.45. The van der Waals surface area contributed by atoms with Gasteiger partial charge in [-0.2, -0.15) is 0 Å². The van der Waals surface area contributed by atoms with Gasteiger partial charge in [-0.05, 0) is 81.6 Å². The predicted molar refractivity (Wildman–Crippen MR) is 242 cm³/mol. The highest BCUT2D eigenvalue weighted by molar-refractivity contribution is 6.33. The SMILES string of the molecule is c1ccc(-c2ccc(-n3c4ccc5ccccc5c4c4c5c6ccccc6n(-c6nc(-c7cccc(-c8ccccc8)c7)c7ccccc7n6)c5ccc43)cc2)cc1. The molecule has 9 aromatic carbocycles. The summed E-state index contributed by atoms with van der Waals surface area (Å²) in [5, 5.41) is 8.30. The van der Waals surface area contributed by atoms with Gasteiger partial charge in [0.15, 0.2) is 0 Å². The molecule has 0 amide bonds. The number of benzene rings is 9. The van der Waals surface area contributed by atoms with E-state index in [9.17, 15) is 0 Å². The minimum absolute atomic E-state index is 0.648. The molecular weight excluding hydrogens is 705 g/mol. The van der Waals surface area contributed by atoms with E-state index in [1.165, 1.54) is 54.5 Å². The zero-order valence-electron chi connectivity index (χ0n) is 31.4. The lowest BCUT2D eigenvalue weighted by atomic mass is 10.00. The average molecular weight is 739 g/mol. The van der Waals surface area contributed by atoms with Crippen molar-refractivity contribution in [3.05, 3.63) is 206 Å². The summed E-state index contributed by atoms with van der Waals surface area (Å²) >= 11 is 0. The number of hydrogen-bond acceptors (Lipinski definition) is 2. The Kier molecular flexibility index (Phi) is 7.20. The molecule has 4 heteroatoms. The minimum atomic E-state index is 0.648. The van der Waals surface area contributed by atoms with E-state index in [1.54, 1.807) is 0 Å². The molecule has 12 aromatic rings. The summed E-state index contributed by atoms with van der Waals surface area (Å²) in [6, 6.07) is 73.7. The van der Waals surface area contributed by atoms with Crippen molar-refractivity contribution in [2.24, 2.45) is 0 Å². The van der Waals surface area contributed by atoms with Crippen LogP contribution in [0.5, 0.6) is 0 Å². The summed E-state index contributed by atoms with van der Waals surface area (Å²) in [5.74, 6) is 0.648. The summed E-state index contributed by atoms with van der Waals surface area (Å²) in [5.41, 5.74) is 13.2. The van der Waals surface area contributed by atoms with Crippen molar-refractivity contribution in [1.29, 1.82) is 0 Å². The van der Waals surface area contributed by atoms with E-state index in [0.717, 1.165) is 50.0 Å². The van der Waals surface area contributed by atoms with Gasteiger partial charge >= 0.3 is 0 Å². The molecule has 0 aliphatic carbocycles. The highest BCUT2D eigenvalue weighted by atomic mass is 15.2. The Balaban J connectivity index is 1.15. The molecule has 0 aliphatic heterocycles. The summed E-state index contributed by atoms with van der Waals surface area (Å²) in [6.45, 7) is 0. The summed E-state index contributed by atoms with van der Waals surface area (Å²) < 4.78 is 4.70. The van der Waals surface area contributed by atoms with Crippen molar-refractivity contribution in [3.63, 3.8) is 0 Å². The molecule has 0 aliphatic rings. The minimum Gasteiger partial charge on any atom is -0.309 e. The number of nitrogens with zero attached hydrogens (tertiary/aromatic N) is 4. The summed E-state index contributed by atoms with van der Waals surface area (Å²) in [4.78, 5) is 10.8. The molecule has 0 bridgehead atoms. The first-order chi connectivity index (χ1) is 28.8. The van der Waals surface area contributed by atoms with Crippen LogP contribution in [0.4, 0.5) is 0 Å². The monoisotopic (exact) mass is 738 g/mol. The van der Waals surface area contributed by atoms with E-state index < -0.39 is 0 Å². The number of para-hydroxylation sites is 2. The number of rotatable bonds is 5.